The zero-order valence-electron chi connectivity index (χ0n) is 19.4. The highest BCUT2D eigenvalue weighted by molar-refractivity contribution is 7.80. The van der Waals surface area contributed by atoms with Crippen molar-refractivity contribution in [1.29, 1.82) is 0 Å². The van der Waals surface area contributed by atoms with Crippen molar-refractivity contribution < 1.29 is 45.8 Å². The van der Waals surface area contributed by atoms with Gasteiger partial charge in [-0.3, -0.25) is 13.7 Å². The molecule has 0 spiro atoms. The van der Waals surface area contributed by atoms with Gasteiger partial charge in [0.25, 0.3) is 17.2 Å². The Morgan fingerprint density at radius 2 is 1.86 bits per heavy atom. The predicted octanol–water partition coefficient (Wildman–Crippen LogP) is 2.62. The first-order valence-electron chi connectivity index (χ1n) is 10.6. The van der Waals surface area contributed by atoms with E-state index in [1.54, 1.807) is 6.92 Å². The van der Waals surface area contributed by atoms with Gasteiger partial charge in [0, 0.05) is 49.6 Å². The lowest BCUT2D eigenvalue weighted by Gasteiger charge is -2.35. The van der Waals surface area contributed by atoms with E-state index in [0.717, 1.165) is 15.1 Å². The van der Waals surface area contributed by atoms with Gasteiger partial charge in [0.15, 0.2) is 23.3 Å². The summed E-state index contributed by atoms with van der Waals surface area (Å²) in [6.45, 7) is 2.38. The maximum absolute atomic E-state index is 15.5. The number of nitrogens with zero attached hydrogens (tertiary/aromatic N) is 3. The highest BCUT2D eigenvalue weighted by Crippen LogP contribution is 2.39. The first-order chi connectivity index (χ1) is 16.8. The van der Waals surface area contributed by atoms with Crippen molar-refractivity contribution in [2.45, 2.75) is 19.9 Å². The van der Waals surface area contributed by atoms with E-state index in [1.807, 2.05) is 0 Å². The fraction of sp³-hybridized carbons (Fsp3) is 0.429. The Bertz CT molecular complexity index is 1190. The summed E-state index contributed by atoms with van der Waals surface area (Å²) in [5.41, 5.74) is -2.85. The number of aryl methyl sites for hydroxylation is 1. The molecule has 1 aromatic carbocycles. The monoisotopic (exact) mass is 536 g/mol. The van der Waals surface area contributed by atoms with Crippen LogP contribution in [-0.4, -0.2) is 67.7 Å². The van der Waals surface area contributed by atoms with Gasteiger partial charge in [0.1, 0.15) is 11.4 Å². The number of carbonyl (C=O) groups is 2. The normalized spacial score (nSPS) is 20.4. The molecule has 3 N–H and O–H groups in total. The van der Waals surface area contributed by atoms with Crippen molar-refractivity contribution in [2.75, 3.05) is 35.9 Å². The van der Waals surface area contributed by atoms with E-state index in [4.69, 9.17) is 4.74 Å². The van der Waals surface area contributed by atoms with Crippen LogP contribution >= 0.6 is 0 Å². The van der Waals surface area contributed by atoms with E-state index in [0.29, 0.717) is 12.1 Å². The molecule has 1 aromatic heterocycles. The summed E-state index contributed by atoms with van der Waals surface area (Å²) in [5, 5.41) is 12.1. The van der Waals surface area contributed by atoms with Crippen LogP contribution in [0.5, 0.6) is 0 Å². The van der Waals surface area contributed by atoms with Crippen LogP contribution in [0.15, 0.2) is 18.3 Å². The van der Waals surface area contributed by atoms with Crippen molar-refractivity contribution in [3.8, 4) is 0 Å². The van der Waals surface area contributed by atoms with Gasteiger partial charge < -0.3 is 24.6 Å². The number of likely N-dealkylation sites (tertiary alicyclic amines) is 1. The van der Waals surface area contributed by atoms with Crippen LogP contribution < -0.4 is 9.62 Å². The van der Waals surface area contributed by atoms with Gasteiger partial charge in [-0.25, -0.2) is 26.6 Å². The van der Waals surface area contributed by atoms with Crippen molar-refractivity contribution in [2.24, 2.45) is 12.5 Å². The first-order valence-corrected chi connectivity index (χ1v) is 11.6. The largest absolute Gasteiger partial charge is 0.450 e. The molecule has 0 bridgehead atoms. The summed E-state index contributed by atoms with van der Waals surface area (Å²) in [6, 6.07) is -0.0733. The quantitative estimate of drug-likeness (QED) is 0.284. The lowest BCUT2D eigenvalue weighted by atomic mass is 9.86. The molecule has 2 amide bonds. The number of hydrogen-bond acceptors (Lipinski definition) is 5. The van der Waals surface area contributed by atoms with E-state index in [1.165, 1.54) is 18.9 Å². The molecule has 0 radical (unpaired) electrons. The van der Waals surface area contributed by atoms with Crippen LogP contribution in [0.25, 0.3) is 0 Å². The van der Waals surface area contributed by atoms with Crippen LogP contribution in [-0.2, 0) is 23.1 Å². The van der Waals surface area contributed by atoms with Crippen molar-refractivity contribution in [3.63, 3.8) is 0 Å². The van der Waals surface area contributed by atoms with Gasteiger partial charge in [0.2, 0.25) is 0 Å². The summed E-state index contributed by atoms with van der Waals surface area (Å²) in [6.07, 6.45) is 0.311. The van der Waals surface area contributed by atoms with Crippen LogP contribution in [0.1, 0.15) is 24.3 Å². The van der Waals surface area contributed by atoms with Crippen molar-refractivity contribution >= 4 is 34.6 Å². The fourth-order valence-electron chi connectivity index (χ4n) is 4.07. The number of anilines is 2. The molecule has 15 heteroatoms. The molecule has 1 aliphatic rings. The molecule has 1 fully saturated rings. The standard InChI is InChI=1S/C21H24F4N4O6S/c1-4-35-20(32)28-8-15(21(2,9-28)10-30)29(36(33)34)14-7-27(3)18(17(14)25)19(31)26-11-5-12(22)16(24)13(23)6-11/h5-7,15,30H,4,8-10H2,1-3H3,(H,26,31)(H,33,34). The lowest BCUT2D eigenvalue weighted by molar-refractivity contribution is 0.100. The van der Waals surface area contributed by atoms with Crippen LogP contribution in [0.4, 0.5) is 33.7 Å². The molecule has 10 nitrogen and oxygen atoms in total. The Balaban J connectivity index is 1.98. The Morgan fingerprint density at radius 1 is 1.25 bits per heavy atom. The first kappa shape index (κ1) is 27.4. The second-order valence-corrected chi connectivity index (χ2v) is 9.31. The van der Waals surface area contributed by atoms with Gasteiger partial charge in [-0.1, -0.05) is 6.92 Å². The van der Waals surface area contributed by atoms with Crippen molar-refractivity contribution in [3.05, 3.63) is 47.3 Å². The summed E-state index contributed by atoms with van der Waals surface area (Å²) >= 11 is -2.87. The molecular weight excluding hydrogens is 512 g/mol. The van der Waals surface area contributed by atoms with E-state index in [9.17, 15) is 36.6 Å². The van der Waals surface area contributed by atoms with E-state index in [2.05, 4.69) is 5.32 Å². The van der Waals surface area contributed by atoms with E-state index < -0.39 is 81.7 Å². The molecule has 0 saturated carbocycles. The number of amides is 2. The number of aliphatic hydroxyl groups is 1. The third kappa shape index (κ3) is 5.03. The number of halogens is 4. The number of aromatic nitrogens is 1. The molecule has 1 aliphatic heterocycles. The lowest BCUT2D eigenvalue weighted by Crippen LogP contribution is -2.49. The smallest absolute Gasteiger partial charge is 0.409 e. The molecule has 198 valence electrons. The van der Waals surface area contributed by atoms with Crippen LogP contribution in [0.2, 0.25) is 0 Å². The molecule has 3 atom stereocenters. The number of rotatable bonds is 7. The SMILES string of the molecule is CCOC(=O)N1CC(N(c2cn(C)c(C(=O)Nc3cc(F)c(F)c(F)c3)c2F)S(=O)O)C(C)(CO)C1. The summed E-state index contributed by atoms with van der Waals surface area (Å²) in [5.74, 6) is -7.33. The van der Waals surface area contributed by atoms with Crippen LogP contribution in [0, 0.1) is 28.7 Å². The Morgan fingerprint density at radius 3 is 2.39 bits per heavy atom. The average Bonchev–Trinajstić information content (AvgIpc) is 3.29. The highest BCUT2D eigenvalue weighted by Gasteiger charge is 2.50. The average molecular weight is 537 g/mol. The maximum atomic E-state index is 15.5. The number of ether oxygens (including phenoxy) is 1. The minimum absolute atomic E-state index is 0.0653. The second-order valence-electron chi connectivity index (χ2n) is 8.46. The number of benzene rings is 1. The zero-order chi connectivity index (χ0) is 26.9. The number of hydrogen-bond donors (Lipinski definition) is 3. The molecule has 2 aromatic rings. The summed E-state index contributed by atoms with van der Waals surface area (Å²) in [7, 11) is 1.25. The van der Waals surface area contributed by atoms with E-state index in [-0.39, 0.29) is 19.7 Å². The van der Waals surface area contributed by atoms with Gasteiger partial charge in [0.05, 0.1) is 19.3 Å². The number of carbonyl (C=O) groups excluding carboxylic acids is 2. The fourth-order valence-corrected chi connectivity index (χ4v) is 4.91. The molecule has 3 rings (SSSR count). The molecule has 0 aliphatic carbocycles. The maximum Gasteiger partial charge on any atom is 0.409 e. The zero-order valence-corrected chi connectivity index (χ0v) is 20.2. The molecule has 3 unspecified atom stereocenters. The van der Waals surface area contributed by atoms with Crippen LogP contribution in [0.3, 0.4) is 0 Å². The third-order valence-corrected chi connectivity index (χ3v) is 6.67. The number of aliphatic hydroxyl groups excluding tert-OH is 1. The minimum Gasteiger partial charge on any atom is -0.450 e. The molecular formula is C21H24F4N4O6S. The summed E-state index contributed by atoms with van der Waals surface area (Å²) in [4.78, 5) is 26.2. The van der Waals surface area contributed by atoms with Gasteiger partial charge in [-0.15, -0.1) is 0 Å². The second kappa shape index (κ2) is 10.4. The molecule has 2 heterocycles. The Kier molecular flexibility index (Phi) is 7.95. The van der Waals surface area contributed by atoms with Gasteiger partial charge in [-0.05, 0) is 6.92 Å². The summed E-state index contributed by atoms with van der Waals surface area (Å²) < 4.78 is 84.8. The van der Waals surface area contributed by atoms with E-state index >= 15 is 4.39 Å². The third-order valence-electron chi connectivity index (χ3n) is 5.88. The molecule has 36 heavy (non-hydrogen) atoms. The minimum atomic E-state index is -2.87. The molecule has 1 saturated heterocycles. The number of nitrogens with one attached hydrogen (secondary N) is 1. The topological polar surface area (TPSA) is 124 Å². The van der Waals surface area contributed by atoms with Crippen molar-refractivity contribution in [1.82, 2.24) is 9.47 Å². The van der Waals surface area contributed by atoms with Gasteiger partial charge >= 0.3 is 6.09 Å². The predicted molar refractivity (Wildman–Crippen MR) is 120 cm³/mol. The Hall–Kier alpha value is -3.17. The van der Waals surface area contributed by atoms with Gasteiger partial charge in [-0.2, -0.15) is 0 Å². The highest BCUT2D eigenvalue weighted by atomic mass is 32.2. The Labute approximate surface area is 205 Å².